The van der Waals surface area contributed by atoms with E-state index in [1.165, 1.54) is 0 Å². The topological polar surface area (TPSA) is 80.4 Å². The number of ether oxygens (including phenoxy) is 1. The van der Waals surface area contributed by atoms with Gasteiger partial charge in [-0.3, -0.25) is 0 Å². The molecule has 5 nitrogen and oxygen atoms in total. The van der Waals surface area contributed by atoms with Crippen LogP contribution < -0.4 is 15.8 Å². The van der Waals surface area contributed by atoms with Crippen molar-refractivity contribution in [1.29, 1.82) is 0 Å². The van der Waals surface area contributed by atoms with E-state index in [2.05, 4.69) is 10.3 Å². The first-order chi connectivity index (χ1) is 7.69. The van der Waals surface area contributed by atoms with Gasteiger partial charge in [-0.25, -0.2) is 0 Å². The van der Waals surface area contributed by atoms with E-state index in [-0.39, 0.29) is 6.10 Å². The van der Waals surface area contributed by atoms with Gasteiger partial charge in [0, 0.05) is 6.54 Å². The number of nitrogens with two attached hydrogens (primary N) is 1. The average molecular weight is 223 g/mol. The first kappa shape index (κ1) is 11.0. The summed E-state index contributed by atoms with van der Waals surface area (Å²) in [5, 5.41) is 12.4. The van der Waals surface area contributed by atoms with E-state index in [1.807, 2.05) is 6.07 Å². The van der Waals surface area contributed by atoms with E-state index >= 15 is 0 Å². The largest absolute Gasteiger partial charge is 0.479 e. The van der Waals surface area contributed by atoms with Crippen molar-refractivity contribution in [2.45, 2.75) is 18.9 Å². The Labute approximate surface area is 94.6 Å². The number of nitrogen functional groups attached to an aromatic ring is 1. The number of methoxy groups -OCH3 is 1. The maximum atomic E-state index is 9.15. The second-order valence-electron chi connectivity index (χ2n) is 4.17. The van der Waals surface area contributed by atoms with Gasteiger partial charge in [0.25, 0.3) is 0 Å². The number of nitrogens with one attached hydrogen (secondary N) is 1. The predicted octanol–water partition coefficient (Wildman–Crippen LogP) is 0.855. The highest BCUT2D eigenvalue weighted by Gasteiger charge is 2.26. The molecule has 0 saturated heterocycles. The first-order valence-electron chi connectivity index (χ1n) is 5.41. The van der Waals surface area contributed by atoms with Crippen molar-refractivity contribution in [3.8, 4) is 5.88 Å². The van der Waals surface area contributed by atoms with Crippen molar-refractivity contribution in [3.63, 3.8) is 0 Å². The fourth-order valence-electron chi connectivity index (χ4n) is 1.83. The Balaban J connectivity index is 1.89. The molecule has 1 aliphatic rings. The van der Waals surface area contributed by atoms with Crippen molar-refractivity contribution in [3.05, 3.63) is 12.1 Å². The lowest BCUT2D eigenvalue weighted by atomic mass is 9.82. The van der Waals surface area contributed by atoms with Gasteiger partial charge in [-0.15, -0.1) is 0 Å². The van der Waals surface area contributed by atoms with Crippen LogP contribution in [0.5, 0.6) is 5.88 Å². The third-order valence-corrected chi connectivity index (χ3v) is 2.87. The van der Waals surface area contributed by atoms with Gasteiger partial charge in [0.15, 0.2) is 0 Å². The summed E-state index contributed by atoms with van der Waals surface area (Å²) in [4.78, 5) is 4.22. The normalized spacial score (nSPS) is 23.6. The van der Waals surface area contributed by atoms with Crippen LogP contribution in [-0.2, 0) is 0 Å². The van der Waals surface area contributed by atoms with Crippen LogP contribution >= 0.6 is 0 Å². The zero-order chi connectivity index (χ0) is 11.5. The zero-order valence-electron chi connectivity index (χ0n) is 9.31. The monoisotopic (exact) mass is 223 g/mol. The minimum absolute atomic E-state index is 0.110. The minimum Gasteiger partial charge on any atom is -0.479 e. The number of hydrogen-bond donors (Lipinski definition) is 3. The molecule has 16 heavy (non-hydrogen) atoms. The second kappa shape index (κ2) is 4.57. The molecular weight excluding hydrogens is 206 g/mol. The van der Waals surface area contributed by atoms with Crippen LogP contribution in [0, 0.1) is 5.92 Å². The molecule has 0 aromatic carbocycles. The minimum atomic E-state index is -0.110. The highest BCUT2D eigenvalue weighted by atomic mass is 16.5. The molecule has 0 bridgehead atoms. The van der Waals surface area contributed by atoms with Crippen LogP contribution in [0.25, 0.3) is 0 Å². The van der Waals surface area contributed by atoms with Gasteiger partial charge in [-0.2, -0.15) is 4.98 Å². The molecule has 4 N–H and O–H groups in total. The summed E-state index contributed by atoms with van der Waals surface area (Å²) in [7, 11) is 1.55. The van der Waals surface area contributed by atoms with Gasteiger partial charge in [-0.1, -0.05) is 0 Å². The van der Waals surface area contributed by atoms with Crippen LogP contribution in [0.4, 0.5) is 11.5 Å². The van der Waals surface area contributed by atoms with Crippen LogP contribution in [0.15, 0.2) is 12.1 Å². The summed E-state index contributed by atoms with van der Waals surface area (Å²) in [6.45, 7) is 0.830. The standard InChI is InChI=1S/C11H17N3O2/c1-16-11-9(12)2-3-10(14-11)13-6-7-4-8(15)5-7/h2-3,7-8,15H,4-6,12H2,1H3,(H,13,14). The molecule has 1 aliphatic carbocycles. The Morgan fingerprint density at radius 3 is 2.94 bits per heavy atom. The third kappa shape index (κ3) is 2.36. The second-order valence-corrected chi connectivity index (χ2v) is 4.17. The van der Waals surface area contributed by atoms with Crippen molar-refractivity contribution in [1.82, 2.24) is 4.98 Å². The van der Waals surface area contributed by atoms with Gasteiger partial charge in [-0.05, 0) is 30.9 Å². The Bertz CT molecular complexity index is 364. The molecule has 0 amide bonds. The maximum absolute atomic E-state index is 9.15. The highest BCUT2D eigenvalue weighted by molar-refractivity contribution is 5.53. The Morgan fingerprint density at radius 2 is 2.31 bits per heavy atom. The fourth-order valence-corrected chi connectivity index (χ4v) is 1.83. The van der Waals surface area contributed by atoms with Gasteiger partial charge >= 0.3 is 0 Å². The number of hydrogen-bond acceptors (Lipinski definition) is 5. The number of aliphatic hydroxyl groups excluding tert-OH is 1. The Morgan fingerprint density at radius 1 is 1.56 bits per heavy atom. The van der Waals surface area contributed by atoms with E-state index in [4.69, 9.17) is 15.6 Å². The summed E-state index contributed by atoms with van der Waals surface area (Å²) in [6.07, 6.45) is 1.64. The van der Waals surface area contributed by atoms with Crippen LogP contribution in [0.2, 0.25) is 0 Å². The van der Waals surface area contributed by atoms with E-state index in [0.717, 1.165) is 25.2 Å². The van der Waals surface area contributed by atoms with E-state index < -0.39 is 0 Å². The maximum Gasteiger partial charge on any atom is 0.238 e. The summed E-state index contributed by atoms with van der Waals surface area (Å²) in [5.41, 5.74) is 6.20. The Kier molecular flexibility index (Phi) is 3.14. The summed E-state index contributed by atoms with van der Waals surface area (Å²) in [6, 6.07) is 3.59. The quantitative estimate of drug-likeness (QED) is 0.705. The summed E-state index contributed by atoms with van der Waals surface area (Å²) < 4.78 is 5.03. The van der Waals surface area contributed by atoms with Crippen LogP contribution in [-0.4, -0.2) is 29.8 Å². The molecule has 0 unspecified atom stereocenters. The Hall–Kier alpha value is -1.49. The average Bonchev–Trinajstić information content (AvgIpc) is 2.24. The molecule has 1 heterocycles. The SMILES string of the molecule is COc1nc(NCC2CC(O)C2)ccc1N. The number of aliphatic hydroxyl groups is 1. The smallest absolute Gasteiger partial charge is 0.238 e. The molecular formula is C11H17N3O2. The zero-order valence-corrected chi connectivity index (χ0v) is 9.31. The lowest BCUT2D eigenvalue weighted by Gasteiger charge is -2.31. The van der Waals surface area contributed by atoms with Crippen molar-refractivity contribution in [2.24, 2.45) is 5.92 Å². The van der Waals surface area contributed by atoms with Gasteiger partial charge in [0.1, 0.15) is 5.82 Å². The van der Waals surface area contributed by atoms with Gasteiger partial charge < -0.3 is 20.9 Å². The summed E-state index contributed by atoms with van der Waals surface area (Å²) >= 11 is 0. The van der Waals surface area contributed by atoms with Crippen molar-refractivity contribution < 1.29 is 9.84 Å². The fraction of sp³-hybridized carbons (Fsp3) is 0.545. The van der Waals surface area contributed by atoms with Gasteiger partial charge in [0.05, 0.1) is 18.9 Å². The first-order valence-corrected chi connectivity index (χ1v) is 5.41. The molecule has 1 fully saturated rings. The molecule has 88 valence electrons. The molecule has 0 aliphatic heterocycles. The van der Waals surface area contributed by atoms with E-state index in [9.17, 15) is 0 Å². The highest BCUT2D eigenvalue weighted by Crippen LogP contribution is 2.27. The molecule has 1 saturated carbocycles. The molecule has 1 aromatic rings. The van der Waals surface area contributed by atoms with Crippen LogP contribution in [0.3, 0.4) is 0 Å². The molecule has 5 heteroatoms. The van der Waals surface area contributed by atoms with Crippen molar-refractivity contribution in [2.75, 3.05) is 24.7 Å². The number of nitrogens with zero attached hydrogens (tertiary/aromatic N) is 1. The molecule has 0 spiro atoms. The molecule has 0 atom stereocenters. The van der Waals surface area contributed by atoms with E-state index in [1.54, 1.807) is 13.2 Å². The molecule has 0 radical (unpaired) electrons. The van der Waals surface area contributed by atoms with Gasteiger partial charge in [0.2, 0.25) is 5.88 Å². The van der Waals surface area contributed by atoms with Crippen molar-refractivity contribution >= 4 is 11.5 Å². The number of anilines is 2. The van der Waals surface area contributed by atoms with E-state index in [0.29, 0.717) is 17.5 Å². The third-order valence-electron chi connectivity index (χ3n) is 2.87. The van der Waals surface area contributed by atoms with Crippen LogP contribution in [0.1, 0.15) is 12.8 Å². The summed E-state index contributed by atoms with van der Waals surface area (Å²) in [5.74, 6) is 1.74. The number of aromatic nitrogens is 1. The molecule has 1 aromatic heterocycles. The lowest BCUT2D eigenvalue weighted by molar-refractivity contribution is 0.0486. The predicted molar refractivity (Wildman–Crippen MR) is 62.4 cm³/mol. The molecule has 2 rings (SSSR count). The number of rotatable bonds is 4. The lowest BCUT2D eigenvalue weighted by Crippen LogP contribution is -2.33. The number of pyridine rings is 1.